The molecular formula is C24H29N3O4. The molecule has 2 amide bonds. The van der Waals surface area contributed by atoms with Gasteiger partial charge in [0, 0.05) is 18.3 Å². The summed E-state index contributed by atoms with van der Waals surface area (Å²) in [6.45, 7) is 4.47. The Bertz CT molecular complexity index is 941. The molecule has 2 unspecified atom stereocenters. The monoisotopic (exact) mass is 423 g/mol. The number of urea groups is 1. The van der Waals surface area contributed by atoms with Crippen LogP contribution in [-0.2, 0) is 9.53 Å². The Morgan fingerprint density at radius 1 is 1.13 bits per heavy atom. The van der Waals surface area contributed by atoms with E-state index >= 15 is 0 Å². The summed E-state index contributed by atoms with van der Waals surface area (Å²) in [6.07, 6.45) is 0. The van der Waals surface area contributed by atoms with Gasteiger partial charge in [0.05, 0.1) is 25.3 Å². The summed E-state index contributed by atoms with van der Waals surface area (Å²) in [6, 6.07) is 16.5. The van der Waals surface area contributed by atoms with Crippen LogP contribution in [0.2, 0.25) is 0 Å². The zero-order valence-corrected chi connectivity index (χ0v) is 18.3. The number of amides is 2. The number of hydrogen-bond donors (Lipinski definition) is 2. The molecule has 3 rings (SSSR count). The van der Waals surface area contributed by atoms with E-state index < -0.39 is 12.0 Å². The Hall–Kier alpha value is -3.32. The second-order valence-electron chi connectivity index (χ2n) is 7.42. The first-order chi connectivity index (χ1) is 14.9. The van der Waals surface area contributed by atoms with Crippen molar-refractivity contribution in [2.45, 2.75) is 25.9 Å². The molecule has 31 heavy (non-hydrogen) atoms. The third-order valence-electron chi connectivity index (χ3n) is 5.45. The summed E-state index contributed by atoms with van der Waals surface area (Å²) in [5.74, 6) is 0.244. The number of carbonyl (C=O) groups excluding carboxylic acids is 2. The molecule has 164 valence electrons. The van der Waals surface area contributed by atoms with Crippen LogP contribution < -0.4 is 15.4 Å². The van der Waals surface area contributed by atoms with Crippen LogP contribution in [-0.4, -0.2) is 44.2 Å². The zero-order chi connectivity index (χ0) is 22.4. The largest absolute Gasteiger partial charge is 0.497 e. The van der Waals surface area contributed by atoms with Crippen molar-refractivity contribution in [3.8, 4) is 5.75 Å². The lowest BCUT2D eigenvalue weighted by Gasteiger charge is -2.33. The van der Waals surface area contributed by atoms with Gasteiger partial charge >= 0.3 is 12.0 Å². The van der Waals surface area contributed by atoms with Gasteiger partial charge < -0.3 is 20.1 Å². The van der Waals surface area contributed by atoms with E-state index in [1.54, 1.807) is 26.2 Å². The predicted octanol–water partition coefficient (Wildman–Crippen LogP) is 3.56. The highest BCUT2D eigenvalue weighted by molar-refractivity contribution is 5.95. The van der Waals surface area contributed by atoms with Gasteiger partial charge in [0.2, 0.25) is 0 Å². The average Bonchev–Trinajstić information content (AvgIpc) is 2.79. The molecule has 1 heterocycles. The van der Waals surface area contributed by atoms with Crippen LogP contribution in [0.5, 0.6) is 5.75 Å². The third kappa shape index (κ3) is 5.24. The van der Waals surface area contributed by atoms with Crippen molar-refractivity contribution < 1.29 is 19.1 Å². The third-order valence-corrected chi connectivity index (χ3v) is 5.45. The van der Waals surface area contributed by atoms with Gasteiger partial charge in [-0.05, 0) is 44.2 Å². The van der Waals surface area contributed by atoms with Gasteiger partial charge in [-0.25, -0.2) is 9.59 Å². The number of hydrogen-bond acceptors (Lipinski definition) is 5. The molecule has 2 N–H and O–H groups in total. The molecule has 0 saturated heterocycles. The summed E-state index contributed by atoms with van der Waals surface area (Å²) < 4.78 is 10.6. The molecular weight excluding hydrogens is 394 g/mol. The summed E-state index contributed by atoms with van der Waals surface area (Å²) in [5, 5.41) is 5.68. The maximum Gasteiger partial charge on any atom is 0.338 e. The van der Waals surface area contributed by atoms with Crippen molar-refractivity contribution in [2.75, 3.05) is 27.3 Å². The van der Waals surface area contributed by atoms with Crippen molar-refractivity contribution in [1.29, 1.82) is 0 Å². The summed E-state index contributed by atoms with van der Waals surface area (Å²) in [5.41, 5.74) is 2.86. The molecule has 0 bridgehead atoms. The van der Waals surface area contributed by atoms with Crippen molar-refractivity contribution in [3.05, 3.63) is 77.0 Å². The molecule has 1 aliphatic rings. The van der Waals surface area contributed by atoms with Crippen LogP contribution in [0, 0.1) is 0 Å². The van der Waals surface area contributed by atoms with Crippen molar-refractivity contribution in [3.63, 3.8) is 0 Å². The Labute approximate surface area is 183 Å². The van der Waals surface area contributed by atoms with Crippen LogP contribution >= 0.6 is 0 Å². The van der Waals surface area contributed by atoms with Crippen molar-refractivity contribution in [2.24, 2.45) is 0 Å². The number of likely N-dealkylation sites (N-methyl/N-ethyl adjacent to an activating group) is 1. The van der Waals surface area contributed by atoms with E-state index in [2.05, 4.69) is 34.6 Å². The van der Waals surface area contributed by atoms with Crippen LogP contribution in [0.3, 0.4) is 0 Å². The van der Waals surface area contributed by atoms with E-state index in [-0.39, 0.29) is 18.7 Å². The molecule has 7 nitrogen and oxygen atoms in total. The van der Waals surface area contributed by atoms with Crippen LogP contribution in [0.15, 0.2) is 65.9 Å². The quantitative estimate of drug-likeness (QED) is 0.635. The van der Waals surface area contributed by atoms with E-state index in [4.69, 9.17) is 9.47 Å². The number of benzene rings is 2. The van der Waals surface area contributed by atoms with Gasteiger partial charge in [-0.3, -0.25) is 4.90 Å². The minimum Gasteiger partial charge on any atom is -0.497 e. The molecule has 2 atom stereocenters. The minimum atomic E-state index is -0.617. The topological polar surface area (TPSA) is 79.9 Å². The zero-order valence-electron chi connectivity index (χ0n) is 18.3. The van der Waals surface area contributed by atoms with Gasteiger partial charge in [0.25, 0.3) is 0 Å². The smallest absolute Gasteiger partial charge is 0.338 e. The van der Waals surface area contributed by atoms with Gasteiger partial charge in [0.1, 0.15) is 5.75 Å². The maximum atomic E-state index is 12.9. The summed E-state index contributed by atoms with van der Waals surface area (Å²) >= 11 is 0. The molecule has 1 aliphatic heterocycles. The number of rotatable bonds is 8. The number of carbonyl (C=O) groups is 2. The van der Waals surface area contributed by atoms with Crippen LogP contribution in [0.4, 0.5) is 4.79 Å². The highest BCUT2D eigenvalue weighted by atomic mass is 16.5. The first-order valence-electron chi connectivity index (χ1n) is 10.3. The average molecular weight is 424 g/mol. The van der Waals surface area contributed by atoms with Crippen molar-refractivity contribution >= 4 is 12.0 Å². The number of methoxy groups -OCH3 is 1. The van der Waals surface area contributed by atoms with Gasteiger partial charge in [-0.1, -0.05) is 42.5 Å². The van der Waals surface area contributed by atoms with E-state index in [0.717, 1.165) is 11.1 Å². The first-order valence-corrected chi connectivity index (χ1v) is 10.3. The molecule has 0 aliphatic carbocycles. The Morgan fingerprint density at radius 3 is 2.42 bits per heavy atom. The Morgan fingerprint density at radius 2 is 1.81 bits per heavy atom. The van der Waals surface area contributed by atoms with Crippen LogP contribution in [0.1, 0.15) is 37.1 Å². The molecule has 0 fully saturated rings. The predicted molar refractivity (Wildman–Crippen MR) is 119 cm³/mol. The highest BCUT2D eigenvalue weighted by Gasteiger charge is 2.34. The summed E-state index contributed by atoms with van der Waals surface area (Å²) in [7, 11) is 3.55. The van der Waals surface area contributed by atoms with Gasteiger partial charge in [-0.2, -0.15) is 0 Å². The fourth-order valence-corrected chi connectivity index (χ4v) is 3.61. The van der Waals surface area contributed by atoms with Gasteiger partial charge in [-0.15, -0.1) is 0 Å². The van der Waals surface area contributed by atoms with Gasteiger partial charge in [0.15, 0.2) is 0 Å². The van der Waals surface area contributed by atoms with Crippen LogP contribution in [0.25, 0.3) is 0 Å². The molecule has 0 spiro atoms. The Balaban J connectivity index is 1.96. The standard InChI is InChI=1S/C24H29N3O4/c1-5-31-23(28)21-20(15-27(3)16(2)17-9-7-6-8-10-17)25-24(29)26-22(21)18-11-13-19(30-4)14-12-18/h6-14,16,22H,5,15H2,1-4H3,(H2,25,26,29). The number of nitrogens with one attached hydrogen (secondary N) is 2. The molecule has 0 saturated carbocycles. The number of esters is 1. The lowest BCUT2D eigenvalue weighted by molar-refractivity contribution is -0.139. The molecule has 7 heteroatoms. The lowest BCUT2D eigenvalue weighted by Crippen LogP contribution is -2.48. The van der Waals surface area contributed by atoms with Crippen molar-refractivity contribution in [1.82, 2.24) is 15.5 Å². The summed E-state index contributed by atoms with van der Waals surface area (Å²) in [4.78, 5) is 27.5. The molecule has 0 aromatic heterocycles. The second kappa shape index (κ2) is 10.1. The van der Waals surface area contributed by atoms with E-state index in [0.29, 0.717) is 23.6 Å². The van der Waals surface area contributed by atoms with E-state index in [9.17, 15) is 9.59 Å². The maximum absolute atomic E-state index is 12.9. The van der Waals surface area contributed by atoms with E-state index in [1.165, 1.54) is 0 Å². The molecule has 2 aromatic carbocycles. The first kappa shape index (κ1) is 22.4. The molecule has 0 radical (unpaired) electrons. The normalized spacial score (nSPS) is 17.1. The fourth-order valence-electron chi connectivity index (χ4n) is 3.61. The number of ether oxygens (including phenoxy) is 2. The fraction of sp³-hybridized carbons (Fsp3) is 0.333. The second-order valence-corrected chi connectivity index (χ2v) is 7.42. The lowest BCUT2D eigenvalue weighted by atomic mass is 9.94. The SMILES string of the molecule is CCOC(=O)C1=C(CN(C)C(C)c2ccccc2)NC(=O)NC1c1ccc(OC)cc1. The van der Waals surface area contributed by atoms with E-state index in [1.807, 2.05) is 37.4 Å². The molecule has 2 aromatic rings. The minimum absolute atomic E-state index is 0.0865. The Kier molecular flexibility index (Phi) is 7.31. The highest BCUT2D eigenvalue weighted by Crippen LogP contribution is 2.30. The number of nitrogens with zero attached hydrogens (tertiary/aromatic N) is 1.